The molecule has 19 heavy (non-hydrogen) atoms. The first kappa shape index (κ1) is 14.2. The van der Waals surface area contributed by atoms with Crippen molar-refractivity contribution in [3.05, 3.63) is 29.6 Å². The van der Waals surface area contributed by atoms with Gasteiger partial charge in [0.1, 0.15) is 11.6 Å². The first-order valence-corrected chi connectivity index (χ1v) is 7.47. The van der Waals surface area contributed by atoms with Gasteiger partial charge in [0.15, 0.2) is 0 Å². The third kappa shape index (κ3) is 3.86. The molecule has 0 aliphatic carbocycles. The standard InChI is InChI=1S/C14H18FNO2S/c1-18-12-6-5-11(15)8-10(12)9-19-13-4-2-3-7-16-14(13)17/h5-6,8,13H,2-4,7,9H2,1H3,(H,16,17)/t13-/m1/s1. The van der Waals surface area contributed by atoms with E-state index in [1.54, 1.807) is 24.9 Å². The molecule has 0 unspecified atom stereocenters. The fourth-order valence-electron chi connectivity index (χ4n) is 2.12. The van der Waals surface area contributed by atoms with Gasteiger partial charge in [-0.15, -0.1) is 11.8 Å². The van der Waals surface area contributed by atoms with Crippen molar-refractivity contribution in [2.75, 3.05) is 13.7 Å². The summed E-state index contributed by atoms with van der Waals surface area (Å²) in [5.41, 5.74) is 0.796. The Kier molecular flexibility index (Phi) is 5.07. The molecule has 1 aromatic carbocycles. The van der Waals surface area contributed by atoms with Crippen LogP contribution in [0.15, 0.2) is 18.2 Å². The number of nitrogens with one attached hydrogen (secondary N) is 1. The molecular weight excluding hydrogens is 265 g/mol. The van der Waals surface area contributed by atoms with Crippen LogP contribution in [0, 0.1) is 5.82 Å². The Morgan fingerprint density at radius 1 is 1.47 bits per heavy atom. The molecule has 1 fully saturated rings. The van der Waals surface area contributed by atoms with Gasteiger partial charge in [-0.05, 0) is 31.0 Å². The zero-order valence-corrected chi connectivity index (χ0v) is 11.8. The molecule has 0 spiro atoms. The minimum atomic E-state index is -0.276. The van der Waals surface area contributed by atoms with Crippen LogP contribution >= 0.6 is 11.8 Å². The van der Waals surface area contributed by atoms with Crippen LogP contribution in [0.3, 0.4) is 0 Å². The van der Waals surface area contributed by atoms with Gasteiger partial charge in [0, 0.05) is 17.9 Å². The number of halogens is 1. The second-order valence-corrected chi connectivity index (χ2v) is 5.73. The summed E-state index contributed by atoms with van der Waals surface area (Å²) in [4.78, 5) is 11.8. The summed E-state index contributed by atoms with van der Waals surface area (Å²) in [5.74, 6) is 1.07. The van der Waals surface area contributed by atoms with E-state index in [2.05, 4.69) is 5.32 Å². The number of methoxy groups -OCH3 is 1. The topological polar surface area (TPSA) is 38.3 Å². The van der Waals surface area contributed by atoms with E-state index >= 15 is 0 Å². The maximum absolute atomic E-state index is 13.2. The molecule has 1 aromatic rings. The Morgan fingerprint density at radius 3 is 3.11 bits per heavy atom. The van der Waals surface area contributed by atoms with Gasteiger partial charge in [0.25, 0.3) is 0 Å². The van der Waals surface area contributed by atoms with E-state index < -0.39 is 0 Å². The van der Waals surface area contributed by atoms with Gasteiger partial charge < -0.3 is 10.1 Å². The van der Waals surface area contributed by atoms with E-state index in [9.17, 15) is 9.18 Å². The van der Waals surface area contributed by atoms with Crippen LogP contribution in [-0.2, 0) is 10.5 Å². The molecule has 0 saturated carbocycles. The molecule has 0 aromatic heterocycles. The van der Waals surface area contributed by atoms with Crippen molar-refractivity contribution in [1.29, 1.82) is 0 Å². The van der Waals surface area contributed by atoms with Crippen molar-refractivity contribution in [3.8, 4) is 5.75 Å². The first-order chi connectivity index (χ1) is 9.20. The maximum Gasteiger partial charge on any atom is 0.233 e. The molecule has 1 saturated heterocycles. The van der Waals surface area contributed by atoms with Crippen molar-refractivity contribution in [1.82, 2.24) is 5.32 Å². The number of rotatable bonds is 4. The number of carbonyl (C=O) groups excluding carboxylic acids is 1. The maximum atomic E-state index is 13.2. The van der Waals surface area contributed by atoms with E-state index in [1.165, 1.54) is 12.1 Å². The van der Waals surface area contributed by atoms with Gasteiger partial charge in [-0.2, -0.15) is 0 Å². The number of thioether (sulfide) groups is 1. The lowest BCUT2D eigenvalue weighted by atomic mass is 10.2. The molecule has 1 amide bonds. The van der Waals surface area contributed by atoms with E-state index in [4.69, 9.17) is 4.74 Å². The molecule has 1 aliphatic rings. The van der Waals surface area contributed by atoms with Crippen LogP contribution < -0.4 is 10.1 Å². The number of amides is 1. The SMILES string of the molecule is COc1ccc(F)cc1CS[C@@H]1CCCCNC1=O. The molecule has 2 rings (SSSR count). The third-order valence-corrected chi connectivity index (χ3v) is 4.50. The molecular formula is C14H18FNO2S. The van der Waals surface area contributed by atoms with Gasteiger partial charge in [-0.25, -0.2) is 4.39 Å². The number of benzene rings is 1. The predicted octanol–water partition coefficient (Wildman–Crippen LogP) is 2.74. The highest BCUT2D eigenvalue weighted by atomic mass is 32.2. The molecule has 0 radical (unpaired) electrons. The van der Waals surface area contributed by atoms with E-state index in [0.717, 1.165) is 31.4 Å². The van der Waals surface area contributed by atoms with E-state index in [-0.39, 0.29) is 17.0 Å². The summed E-state index contributed by atoms with van der Waals surface area (Å²) < 4.78 is 18.5. The van der Waals surface area contributed by atoms with Crippen LogP contribution in [-0.4, -0.2) is 24.8 Å². The molecule has 1 heterocycles. The zero-order valence-electron chi connectivity index (χ0n) is 10.9. The van der Waals surface area contributed by atoms with Crippen molar-refractivity contribution in [2.45, 2.75) is 30.3 Å². The summed E-state index contributed by atoms with van der Waals surface area (Å²) >= 11 is 1.55. The van der Waals surface area contributed by atoms with E-state index in [1.807, 2.05) is 0 Å². The Labute approximate surface area is 116 Å². The Balaban J connectivity index is 2.01. The quantitative estimate of drug-likeness (QED) is 0.923. The van der Waals surface area contributed by atoms with Crippen molar-refractivity contribution >= 4 is 17.7 Å². The molecule has 5 heteroatoms. The minimum absolute atomic E-state index is 0.0459. The average molecular weight is 283 g/mol. The smallest absolute Gasteiger partial charge is 0.233 e. The third-order valence-electron chi connectivity index (χ3n) is 3.17. The Hall–Kier alpha value is -1.23. The monoisotopic (exact) mass is 283 g/mol. The second-order valence-electron chi connectivity index (χ2n) is 4.54. The molecule has 104 valence electrons. The molecule has 1 atom stereocenters. The summed E-state index contributed by atoms with van der Waals surface area (Å²) in [6.07, 6.45) is 2.97. The average Bonchev–Trinajstić information content (AvgIpc) is 2.61. The van der Waals surface area contributed by atoms with Gasteiger partial charge in [-0.3, -0.25) is 4.79 Å². The lowest BCUT2D eigenvalue weighted by molar-refractivity contribution is -0.120. The lowest BCUT2D eigenvalue weighted by Crippen LogP contribution is -2.30. The highest BCUT2D eigenvalue weighted by Crippen LogP contribution is 2.28. The minimum Gasteiger partial charge on any atom is -0.496 e. The van der Waals surface area contributed by atoms with Gasteiger partial charge >= 0.3 is 0 Å². The Morgan fingerprint density at radius 2 is 2.32 bits per heavy atom. The molecule has 3 nitrogen and oxygen atoms in total. The summed E-state index contributed by atoms with van der Waals surface area (Å²) in [7, 11) is 1.57. The summed E-state index contributed by atoms with van der Waals surface area (Å²) in [6.45, 7) is 0.763. The number of carbonyl (C=O) groups is 1. The predicted molar refractivity (Wildman–Crippen MR) is 74.9 cm³/mol. The zero-order chi connectivity index (χ0) is 13.7. The number of hydrogen-bond acceptors (Lipinski definition) is 3. The lowest BCUT2D eigenvalue weighted by Gasteiger charge is -2.14. The highest BCUT2D eigenvalue weighted by Gasteiger charge is 2.21. The van der Waals surface area contributed by atoms with Gasteiger partial charge in [0.05, 0.1) is 12.4 Å². The van der Waals surface area contributed by atoms with Crippen LogP contribution in [0.25, 0.3) is 0 Å². The van der Waals surface area contributed by atoms with Crippen molar-refractivity contribution < 1.29 is 13.9 Å². The Bertz CT molecular complexity index is 453. The van der Waals surface area contributed by atoms with Crippen LogP contribution in [0.1, 0.15) is 24.8 Å². The normalized spacial score (nSPS) is 19.7. The summed E-state index contributed by atoms with van der Waals surface area (Å²) in [5, 5.41) is 2.86. The van der Waals surface area contributed by atoms with Crippen molar-refractivity contribution in [3.63, 3.8) is 0 Å². The van der Waals surface area contributed by atoms with Crippen LogP contribution in [0.4, 0.5) is 4.39 Å². The molecule has 0 bridgehead atoms. The van der Waals surface area contributed by atoms with Crippen LogP contribution in [0.5, 0.6) is 5.75 Å². The number of hydrogen-bond donors (Lipinski definition) is 1. The second kappa shape index (κ2) is 6.80. The summed E-state index contributed by atoms with van der Waals surface area (Å²) in [6, 6.07) is 4.48. The van der Waals surface area contributed by atoms with Crippen LogP contribution in [0.2, 0.25) is 0 Å². The van der Waals surface area contributed by atoms with E-state index in [0.29, 0.717) is 11.5 Å². The molecule has 1 N–H and O–H groups in total. The van der Waals surface area contributed by atoms with Crippen molar-refractivity contribution in [2.24, 2.45) is 0 Å². The largest absolute Gasteiger partial charge is 0.496 e. The fourth-order valence-corrected chi connectivity index (χ4v) is 3.29. The highest BCUT2D eigenvalue weighted by molar-refractivity contribution is 7.99. The van der Waals surface area contributed by atoms with Gasteiger partial charge in [-0.1, -0.05) is 6.42 Å². The first-order valence-electron chi connectivity index (χ1n) is 6.42. The van der Waals surface area contributed by atoms with Gasteiger partial charge in [0.2, 0.25) is 5.91 Å². The molecule has 1 aliphatic heterocycles. The number of ether oxygens (including phenoxy) is 1. The fraction of sp³-hybridized carbons (Fsp3) is 0.500.